The normalized spacial score (nSPS) is 19.3. The summed E-state index contributed by atoms with van der Waals surface area (Å²) in [5, 5.41) is 0.583. The van der Waals surface area contributed by atoms with Crippen LogP contribution in [0.3, 0.4) is 0 Å². The van der Waals surface area contributed by atoms with Gasteiger partial charge in [0.2, 0.25) is 0 Å². The molecule has 6 heteroatoms. The van der Waals surface area contributed by atoms with Gasteiger partial charge in [-0.2, -0.15) is 8.42 Å². The standard InChI is InChI=1S/C16H15ClN2O2S/c17-14-6-2-1-5-12(14)11-18-15-7-3-4-8-16(15)19(13-9-10-13)22(18,20)21/h1-8,13H,9-11H2. The fourth-order valence-electron chi connectivity index (χ4n) is 2.86. The van der Waals surface area contributed by atoms with Gasteiger partial charge in [-0.05, 0) is 36.6 Å². The highest BCUT2D eigenvalue weighted by atomic mass is 35.5. The van der Waals surface area contributed by atoms with Crippen LogP contribution in [0.4, 0.5) is 11.4 Å². The molecule has 22 heavy (non-hydrogen) atoms. The minimum absolute atomic E-state index is 0.0994. The highest BCUT2D eigenvalue weighted by Crippen LogP contribution is 2.47. The Hall–Kier alpha value is -1.72. The molecule has 0 amide bonds. The molecule has 2 aromatic carbocycles. The SMILES string of the molecule is O=S1(=O)N(Cc2ccccc2Cl)c2ccccc2N1C1CC1. The highest BCUT2D eigenvalue weighted by molar-refractivity contribution is 7.94. The summed E-state index contributed by atoms with van der Waals surface area (Å²) in [6, 6.07) is 14.9. The van der Waals surface area contributed by atoms with Crippen LogP contribution >= 0.6 is 11.6 Å². The van der Waals surface area contributed by atoms with Crippen LogP contribution in [-0.4, -0.2) is 14.5 Å². The quantitative estimate of drug-likeness (QED) is 0.861. The summed E-state index contributed by atoms with van der Waals surface area (Å²) >= 11 is 6.20. The van der Waals surface area contributed by atoms with E-state index in [-0.39, 0.29) is 12.6 Å². The molecule has 1 saturated carbocycles. The van der Waals surface area contributed by atoms with Crippen molar-refractivity contribution < 1.29 is 8.42 Å². The van der Waals surface area contributed by atoms with Crippen molar-refractivity contribution in [1.29, 1.82) is 0 Å². The fourth-order valence-corrected chi connectivity index (χ4v) is 4.96. The third-order valence-corrected chi connectivity index (χ3v) is 6.31. The molecule has 1 aliphatic carbocycles. The maximum absolute atomic E-state index is 13.0. The van der Waals surface area contributed by atoms with E-state index >= 15 is 0 Å². The summed E-state index contributed by atoms with van der Waals surface area (Å²) in [7, 11) is -3.53. The monoisotopic (exact) mass is 334 g/mol. The van der Waals surface area contributed by atoms with Crippen molar-refractivity contribution in [2.24, 2.45) is 0 Å². The van der Waals surface area contributed by atoms with Crippen molar-refractivity contribution in [3.63, 3.8) is 0 Å². The number of hydrogen-bond acceptors (Lipinski definition) is 2. The lowest BCUT2D eigenvalue weighted by Crippen LogP contribution is -2.38. The lowest BCUT2D eigenvalue weighted by molar-refractivity contribution is 0.588. The molecular formula is C16H15ClN2O2S. The molecule has 1 heterocycles. The Morgan fingerprint density at radius 1 is 1.00 bits per heavy atom. The Labute approximate surface area is 135 Å². The van der Waals surface area contributed by atoms with Gasteiger partial charge in [0.25, 0.3) is 0 Å². The van der Waals surface area contributed by atoms with Crippen molar-refractivity contribution in [3.8, 4) is 0 Å². The first-order chi connectivity index (χ1) is 10.6. The largest absolute Gasteiger partial charge is 0.327 e. The Balaban J connectivity index is 1.80. The van der Waals surface area contributed by atoms with Gasteiger partial charge in [-0.1, -0.05) is 41.9 Å². The Morgan fingerprint density at radius 3 is 2.32 bits per heavy atom. The molecule has 0 radical (unpaired) electrons. The van der Waals surface area contributed by atoms with Crippen molar-refractivity contribution >= 4 is 33.2 Å². The minimum Gasteiger partial charge on any atom is -0.248 e. The van der Waals surface area contributed by atoms with E-state index in [1.807, 2.05) is 42.5 Å². The summed E-state index contributed by atoms with van der Waals surface area (Å²) in [4.78, 5) is 0. The summed E-state index contributed by atoms with van der Waals surface area (Å²) in [6.07, 6.45) is 1.85. The third kappa shape index (κ3) is 2.08. The minimum atomic E-state index is -3.53. The number of benzene rings is 2. The van der Waals surface area contributed by atoms with Crippen LogP contribution in [0.2, 0.25) is 5.02 Å². The lowest BCUT2D eigenvalue weighted by atomic mass is 10.2. The maximum atomic E-state index is 13.0. The van der Waals surface area contributed by atoms with Gasteiger partial charge in [0.15, 0.2) is 0 Å². The molecule has 0 saturated heterocycles. The zero-order chi connectivity index (χ0) is 15.3. The topological polar surface area (TPSA) is 40.6 Å². The van der Waals surface area contributed by atoms with Crippen LogP contribution in [0.1, 0.15) is 18.4 Å². The number of rotatable bonds is 3. The predicted octanol–water partition coefficient (Wildman–Crippen LogP) is 3.57. The molecule has 2 aliphatic rings. The molecule has 4 rings (SSSR count). The molecule has 0 bridgehead atoms. The average Bonchev–Trinajstić information content (AvgIpc) is 3.28. The van der Waals surface area contributed by atoms with Crippen LogP contribution in [0, 0.1) is 0 Å². The Bertz CT molecular complexity index is 834. The second-order valence-electron chi connectivity index (χ2n) is 5.62. The van der Waals surface area contributed by atoms with E-state index in [0.717, 1.165) is 29.8 Å². The van der Waals surface area contributed by atoms with Crippen LogP contribution in [0.15, 0.2) is 48.5 Å². The van der Waals surface area contributed by atoms with Gasteiger partial charge < -0.3 is 0 Å². The molecule has 0 aromatic heterocycles. The van der Waals surface area contributed by atoms with E-state index in [0.29, 0.717) is 5.02 Å². The van der Waals surface area contributed by atoms with Gasteiger partial charge in [-0.3, -0.25) is 0 Å². The molecule has 1 aliphatic heterocycles. The van der Waals surface area contributed by atoms with Gasteiger partial charge in [0.1, 0.15) is 0 Å². The van der Waals surface area contributed by atoms with E-state index in [4.69, 9.17) is 11.6 Å². The van der Waals surface area contributed by atoms with Crippen LogP contribution < -0.4 is 8.61 Å². The summed E-state index contributed by atoms with van der Waals surface area (Å²) in [6.45, 7) is 0.252. The van der Waals surface area contributed by atoms with Gasteiger partial charge >= 0.3 is 10.2 Å². The van der Waals surface area contributed by atoms with E-state index in [1.165, 1.54) is 4.31 Å². The molecular weight excluding hydrogens is 320 g/mol. The molecule has 0 atom stereocenters. The van der Waals surface area contributed by atoms with Gasteiger partial charge in [-0.15, -0.1) is 0 Å². The number of fused-ring (bicyclic) bond motifs is 1. The van der Waals surface area contributed by atoms with E-state index in [1.54, 1.807) is 10.4 Å². The zero-order valence-corrected chi connectivity index (χ0v) is 13.4. The van der Waals surface area contributed by atoms with Crippen LogP contribution in [0.25, 0.3) is 0 Å². The first-order valence-electron chi connectivity index (χ1n) is 7.23. The number of para-hydroxylation sites is 2. The number of anilines is 2. The van der Waals surface area contributed by atoms with Crippen LogP contribution in [0.5, 0.6) is 0 Å². The highest BCUT2D eigenvalue weighted by Gasteiger charge is 2.47. The Morgan fingerprint density at radius 2 is 1.64 bits per heavy atom. The van der Waals surface area contributed by atoms with Gasteiger partial charge in [0.05, 0.1) is 17.9 Å². The third-order valence-electron chi connectivity index (χ3n) is 4.07. The van der Waals surface area contributed by atoms with E-state index in [2.05, 4.69) is 0 Å². The van der Waals surface area contributed by atoms with Crippen molar-refractivity contribution in [3.05, 3.63) is 59.1 Å². The molecule has 1 fully saturated rings. The average molecular weight is 335 g/mol. The summed E-state index contributed by atoms with van der Waals surface area (Å²) in [5.41, 5.74) is 2.31. The number of hydrogen-bond donors (Lipinski definition) is 0. The second kappa shape index (κ2) is 4.89. The predicted molar refractivity (Wildman–Crippen MR) is 88.5 cm³/mol. The molecule has 0 unspecified atom stereocenters. The molecule has 0 N–H and O–H groups in total. The van der Waals surface area contributed by atoms with Crippen molar-refractivity contribution in [2.75, 3.05) is 8.61 Å². The summed E-state index contributed by atoms with van der Waals surface area (Å²) < 4.78 is 28.9. The van der Waals surface area contributed by atoms with Crippen LogP contribution in [-0.2, 0) is 16.8 Å². The molecule has 4 nitrogen and oxygen atoms in total. The summed E-state index contributed by atoms with van der Waals surface area (Å²) in [5.74, 6) is 0. The fraction of sp³-hybridized carbons (Fsp3) is 0.250. The molecule has 0 spiro atoms. The van der Waals surface area contributed by atoms with E-state index < -0.39 is 10.2 Å². The zero-order valence-electron chi connectivity index (χ0n) is 11.8. The smallest absolute Gasteiger partial charge is 0.248 e. The number of nitrogens with zero attached hydrogens (tertiary/aromatic N) is 2. The lowest BCUT2D eigenvalue weighted by Gasteiger charge is -2.22. The maximum Gasteiger partial charge on any atom is 0.327 e. The van der Waals surface area contributed by atoms with Crippen molar-refractivity contribution in [2.45, 2.75) is 25.4 Å². The first-order valence-corrected chi connectivity index (χ1v) is 9.01. The Kier molecular flexibility index (Phi) is 3.09. The van der Waals surface area contributed by atoms with Gasteiger partial charge in [0, 0.05) is 11.1 Å². The first kappa shape index (κ1) is 13.9. The number of halogens is 1. The van der Waals surface area contributed by atoms with Crippen molar-refractivity contribution in [1.82, 2.24) is 0 Å². The van der Waals surface area contributed by atoms with Gasteiger partial charge in [-0.25, -0.2) is 8.61 Å². The second-order valence-corrected chi connectivity index (χ2v) is 7.76. The molecule has 114 valence electrons. The molecule has 2 aromatic rings. The van der Waals surface area contributed by atoms with E-state index in [9.17, 15) is 8.42 Å².